The molecule has 0 heterocycles. The topological polar surface area (TPSA) is 82.4 Å². The molecule has 146 valence electrons. The van der Waals surface area contributed by atoms with Gasteiger partial charge in [-0.2, -0.15) is 5.26 Å². The zero-order valence-corrected chi connectivity index (χ0v) is 16.7. The standard InChI is InChI=1S/C22H25N3O3/c1-22(2,3)24-20(26)14-25(4)21(27)15-28-19-11-9-18(10-12-19)17-7-5-16(13-23)6-8-17/h5-12H,14-15H2,1-4H3,(H,24,26). The summed E-state index contributed by atoms with van der Waals surface area (Å²) in [7, 11) is 1.57. The molecule has 2 amide bonds. The van der Waals surface area contributed by atoms with Gasteiger partial charge in [-0.1, -0.05) is 24.3 Å². The number of likely N-dealkylation sites (N-methyl/N-ethyl adjacent to an activating group) is 1. The Hall–Kier alpha value is -3.33. The molecule has 0 fully saturated rings. The number of hydrogen-bond donors (Lipinski definition) is 1. The molecule has 2 rings (SSSR count). The van der Waals surface area contributed by atoms with Crippen LogP contribution < -0.4 is 10.1 Å². The van der Waals surface area contributed by atoms with Crippen LogP contribution in [-0.4, -0.2) is 42.5 Å². The number of nitrogens with one attached hydrogen (secondary N) is 1. The lowest BCUT2D eigenvalue weighted by atomic mass is 10.0. The van der Waals surface area contributed by atoms with Crippen molar-refractivity contribution in [3.05, 3.63) is 54.1 Å². The molecule has 6 heteroatoms. The predicted octanol–water partition coefficient (Wildman–Crippen LogP) is 2.98. The molecule has 0 aliphatic carbocycles. The molecular formula is C22H25N3O3. The van der Waals surface area contributed by atoms with Crippen LogP contribution >= 0.6 is 0 Å². The van der Waals surface area contributed by atoms with Crippen molar-refractivity contribution < 1.29 is 14.3 Å². The number of rotatable bonds is 6. The molecule has 0 aliphatic heterocycles. The highest BCUT2D eigenvalue weighted by Gasteiger charge is 2.18. The second-order valence-corrected chi connectivity index (χ2v) is 7.55. The van der Waals surface area contributed by atoms with Crippen molar-refractivity contribution in [2.24, 2.45) is 0 Å². The number of ether oxygens (including phenoxy) is 1. The summed E-state index contributed by atoms with van der Waals surface area (Å²) in [5.41, 5.74) is 2.25. The minimum absolute atomic E-state index is 0.0168. The summed E-state index contributed by atoms with van der Waals surface area (Å²) in [6.45, 7) is 5.50. The maximum absolute atomic E-state index is 12.2. The molecule has 0 radical (unpaired) electrons. The maximum Gasteiger partial charge on any atom is 0.260 e. The summed E-state index contributed by atoms with van der Waals surface area (Å²) in [6, 6.07) is 16.7. The zero-order chi connectivity index (χ0) is 20.7. The van der Waals surface area contributed by atoms with Gasteiger partial charge in [-0.25, -0.2) is 0 Å². The van der Waals surface area contributed by atoms with Gasteiger partial charge < -0.3 is 15.0 Å². The average Bonchev–Trinajstić information content (AvgIpc) is 2.65. The number of benzene rings is 2. The van der Waals surface area contributed by atoms with E-state index in [0.29, 0.717) is 11.3 Å². The summed E-state index contributed by atoms with van der Waals surface area (Å²) in [5, 5.41) is 11.7. The maximum atomic E-state index is 12.2. The van der Waals surface area contributed by atoms with Crippen LogP contribution in [0.1, 0.15) is 26.3 Å². The largest absolute Gasteiger partial charge is 0.484 e. The van der Waals surface area contributed by atoms with Gasteiger partial charge in [0, 0.05) is 12.6 Å². The van der Waals surface area contributed by atoms with E-state index in [1.165, 1.54) is 4.90 Å². The first-order valence-electron chi connectivity index (χ1n) is 8.96. The van der Waals surface area contributed by atoms with Gasteiger partial charge in [-0.15, -0.1) is 0 Å². The molecule has 0 aliphatic rings. The molecule has 0 saturated heterocycles. The molecule has 6 nitrogen and oxygen atoms in total. The number of nitriles is 1. The van der Waals surface area contributed by atoms with Gasteiger partial charge in [0.25, 0.3) is 5.91 Å². The molecule has 0 saturated carbocycles. The Morgan fingerprint density at radius 1 is 1.04 bits per heavy atom. The van der Waals surface area contributed by atoms with Crippen LogP contribution in [0.3, 0.4) is 0 Å². The lowest BCUT2D eigenvalue weighted by molar-refractivity contribution is -0.136. The minimum atomic E-state index is -0.339. The van der Waals surface area contributed by atoms with Gasteiger partial charge in [-0.3, -0.25) is 9.59 Å². The number of nitrogens with zero attached hydrogens (tertiary/aromatic N) is 2. The minimum Gasteiger partial charge on any atom is -0.484 e. The third-order valence-corrected chi connectivity index (χ3v) is 3.88. The molecular weight excluding hydrogens is 354 g/mol. The summed E-state index contributed by atoms with van der Waals surface area (Å²) in [4.78, 5) is 25.4. The van der Waals surface area contributed by atoms with Crippen LogP contribution in [-0.2, 0) is 9.59 Å². The second-order valence-electron chi connectivity index (χ2n) is 7.55. The van der Waals surface area contributed by atoms with E-state index in [2.05, 4.69) is 11.4 Å². The van der Waals surface area contributed by atoms with Crippen LogP contribution in [0.2, 0.25) is 0 Å². The van der Waals surface area contributed by atoms with Crippen LogP contribution in [0, 0.1) is 11.3 Å². The van der Waals surface area contributed by atoms with E-state index in [1.807, 2.05) is 45.0 Å². The Labute approximate surface area is 165 Å². The van der Waals surface area contributed by atoms with Crippen molar-refractivity contribution in [2.45, 2.75) is 26.3 Å². The SMILES string of the molecule is CN(CC(=O)NC(C)(C)C)C(=O)COc1ccc(-c2ccc(C#N)cc2)cc1. The molecule has 0 unspecified atom stereocenters. The molecule has 0 bridgehead atoms. The summed E-state index contributed by atoms with van der Waals surface area (Å²) in [6.07, 6.45) is 0. The van der Waals surface area contributed by atoms with Crippen molar-refractivity contribution in [1.82, 2.24) is 10.2 Å². The smallest absolute Gasteiger partial charge is 0.260 e. The van der Waals surface area contributed by atoms with E-state index >= 15 is 0 Å². The van der Waals surface area contributed by atoms with E-state index < -0.39 is 0 Å². The van der Waals surface area contributed by atoms with Crippen molar-refractivity contribution in [3.8, 4) is 22.9 Å². The van der Waals surface area contributed by atoms with Gasteiger partial charge in [0.05, 0.1) is 18.2 Å². The van der Waals surface area contributed by atoms with Crippen molar-refractivity contribution in [3.63, 3.8) is 0 Å². The number of carbonyl (C=O) groups is 2. The van der Waals surface area contributed by atoms with Gasteiger partial charge in [0.2, 0.25) is 5.91 Å². The molecule has 0 spiro atoms. The lowest BCUT2D eigenvalue weighted by Gasteiger charge is -2.23. The van der Waals surface area contributed by atoms with Crippen molar-refractivity contribution >= 4 is 11.8 Å². The van der Waals surface area contributed by atoms with E-state index in [0.717, 1.165) is 11.1 Å². The molecule has 28 heavy (non-hydrogen) atoms. The van der Waals surface area contributed by atoms with Gasteiger partial charge in [-0.05, 0) is 56.2 Å². The van der Waals surface area contributed by atoms with Crippen molar-refractivity contribution in [2.75, 3.05) is 20.2 Å². The molecule has 0 atom stereocenters. The van der Waals surface area contributed by atoms with Crippen LogP contribution in [0.5, 0.6) is 5.75 Å². The Balaban J connectivity index is 1.87. The second kappa shape index (κ2) is 9.05. The van der Waals surface area contributed by atoms with E-state index in [1.54, 1.807) is 31.3 Å². The Morgan fingerprint density at radius 2 is 1.57 bits per heavy atom. The number of hydrogen-bond acceptors (Lipinski definition) is 4. The highest BCUT2D eigenvalue weighted by atomic mass is 16.5. The first kappa shape index (κ1) is 21.0. The summed E-state index contributed by atoms with van der Waals surface area (Å²) >= 11 is 0. The number of amides is 2. The van der Waals surface area contributed by atoms with Gasteiger partial charge >= 0.3 is 0 Å². The molecule has 0 aromatic heterocycles. The first-order valence-corrected chi connectivity index (χ1v) is 8.96. The monoisotopic (exact) mass is 379 g/mol. The third-order valence-electron chi connectivity index (χ3n) is 3.88. The molecule has 1 N–H and O–H groups in total. The Bertz CT molecular complexity index is 860. The predicted molar refractivity (Wildman–Crippen MR) is 108 cm³/mol. The van der Waals surface area contributed by atoms with Gasteiger partial charge in [0.15, 0.2) is 6.61 Å². The lowest BCUT2D eigenvalue weighted by Crippen LogP contribution is -2.47. The van der Waals surface area contributed by atoms with Crippen LogP contribution in [0.15, 0.2) is 48.5 Å². The first-order chi connectivity index (χ1) is 13.2. The summed E-state index contributed by atoms with van der Waals surface area (Å²) in [5.74, 6) is 0.0774. The fourth-order valence-electron chi connectivity index (χ4n) is 2.50. The fraction of sp³-hybridized carbons (Fsp3) is 0.318. The normalized spacial score (nSPS) is 10.7. The van der Waals surface area contributed by atoms with E-state index in [-0.39, 0.29) is 30.5 Å². The average molecular weight is 379 g/mol. The zero-order valence-electron chi connectivity index (χ0n) is 16.7. The van der Waals surface area contributed by atoms with E-state index in [4.69, 9.17) is 10.00 Å². The number of carbonyl (C=O) groups excluding carboxylic acids is 2. The third kappa shape index (κ3) is 6.44. The Kier molecular flexibility index (Phi) is 6.78. The highest BCUT2D eigenvalue weighted by molar-refractivity contribution is 5.85. The van der Waals surface area contributed by atoms with Crippen molar-refractivity contribution in [1.29, 1.82) is 5.26 Å². The Morgan fingerprint density at radius 3 is 2.07 bits per heavy atom. The van der Waals surface area contributed by atoms with E-state index in [9.17, 15) is 9.59 Å². The van der Waals surface area contributed by atoms with Crippen LogP contribution in [0.4, 0.5) is 0 Å². The fourth-order valence-corrected chi connectivity index (χ4v) is 2.50. The van der Waals surface area contributed by atoms with Gasteiger partial charge in [0.1, 0.15) is 5.75 Å². The summed E-state index contributed by atoms with van der Waals surface area (Å²) < 4.78 is 5.53. The molecule has 2 aromatic rings. The molecule has 2 aromatic carbocycles. The van der Waals surface area contributed by atoms with Crippen LogP contribution in [0.25, 0.3) is 11.1 Å². The highest BCUT2D eigenvalue weighted by Crippen LogP contribution is 2.22. The quantitative estimate of drug-likeness (QED) is 0.836.